The van der Waals surface area contributed by atoms with E-state index in [2.05, 4.69) is 57.8 Å². The third-order valence-corrected chi connectivity index (χ3v) is 6.40. The Morgan fingerprint density at radius 1 is 1.00 bits per heavy atom. The second-order valence-electron chi connectivity index (χ2n) is 8.94. The zero-order chi connectivity index (χ0) is 23.3. The van der Waals surface area contributed by atoms with Gasteiger partial charge in [0, 0.05) is 31.4 Å². The van der Waals surface area contributed by atoms with E-state index in [4.69, 9.17) is 19.7 Å². The number of aryl methyl sites for hydroxylation is 2. The van der Waals surface area contributed by atoms with Gasteiger partial charge in [0.05, 0.1) is 11.4 Å². The minimum absolute atomic E-state index is 0.144. The van der Waals surface area contributed by atoms with Crippen molar-refractivity contribution in [3.63, 3.8) is 0 Å². The first-order valence-corrected chi connectivity index (χ1v) is 12.5. The van der Waals surface area contributed by atoms with Crippen LogP contribution in [0, 0.1) is 0 Å². The highest BCUT2D eigenvalue weighted by atomic mass is 16.5. The van der Waals surface area contributed by atoms with Crippen molar-refractivity contribution >= 4 is 11.6 Å². The van der Waals surface area contributed by atoms with E-state index < -0.39 is 0 Å². The number of aromatic nitrogens is 3. The maximum atomic E-state index is 6.23. The largest absolute Gasteiger partial charge is 0.472 e. The van der Waals surface area contributed by atoms with Gasteiger partial charge in [0.2, 0.25) is 0 Å². The van der Waals surface area contributed by atoms with Crippen LogP contribution in [0.5, 0.6) is 5.88 Å². The molecular weight excluding hydrogens is 398 g/mol. The van der Waals surface area contributed by atoms with Crippen molar-refractivity contribution in [3.05, 3.63) is 23.0 Å². The Balaban J connectivity index is 2.20. The number of pyridine rings is 1. The molecule has 32 heavy (non-hydrogen) atoms. The summed E-state index contributed by atoms with van der Waals surface area (Å²) in [5.41, 5.74) is 5.49. The molecule has 1 fully saturated rings. The van der Waals surface area contributed by atoms with Gasteiger partial charge in [-0.25, -0.2) is 15.0 Å². The lowest BCUT2D eigenvalue weighted by Gasteiger charge is -2.25. The SMILES string of the molecule is CCc1cc(-c2nc(NC)c(OC(CC)CC)nc2CC)c(N2CCCC2)nc1C(C)C. The Bertz CT molecular complexity index is 902. The highest BCUT2D eigenvalue weighted by Crippen LogP contribution is 2.37. The highest BCUT2D eigenvalue weighted by molar-refractivity contribution is 5.77. The smallest absolute Gasteiger partial charge is 0.257 e. The summed E-state index contributed by atoms with van der Waals surface area (Å²) < 4.78 is 6.23. The molecule has 176 valence electrons. The van der Waals surface area contributed by atoms with E-state index in [9.17, 15) is 0 Å². The maximum Gasteiger partial charge on any atom is 0.257 e. The summed E-state index contributed by atoms with van der Waals surface area (Å²) in [6.07, 6.45) is 6.21. The average Bonchev–Trinajstić information content (AvgIpc) is 3.35. The molecule has 3 rings (SSSR count). The topological polar surface area (TPSA) is 63.2 Å². The molecule has 3 heterocycles. The molecular formula is C26H41N5O. The van der Waals surface area contributed by atoms with Crippen molar-refractivity contribution in [2.75, 3.05) is 30.4 Å². The number of ether oxygens (including phenoxy) is 1. The van der Waals surface area contributed by atoms with Crippen LogP contribution in [-0.4, -0.2) is 41.2 Å². The van der Waals surface area contributed by atoms with Crippen LogP contribution >= 0.6 is 0 Å². The molecule has 0 saturated carbocycles. The Hall–Kier alpha value is -2.37. The van der Waals surface area contributed by atoms with Gasteiger partial charge in [0.1, 0.15) is 11.9 Å². The Kier molecular flexibility index (Phi) is 8.32. The first kappa shape index (κ1) is 24.3. The molecule has 1 N–H and O–H groups in total. The fourth-order valence-electron chi connectivity index (χ4n) is 4.46. The molecule has 0 aliphatic carbocycles. The van der Waals surface area contributed by atoms with Crippen molar-refractivity contribution in [2.45, 2.75) is 92.1 Å². The van der Waals surface area contributed by atoms with Crippen LogP contribution in [-0.2, 0) is 12.8 Å². The van der Waals surface area contributed by atoms with E-state index in [0.717, 1.165) is 61.5 Å². The molecule has 0 aromatic carbocycles. The lowest BCUT2D eigenvalue weighted by Crippen LogP contribution is -2.22. The molecule has 0 atom stereocenters. The van der Waals surface area contributed by atoms with E-state index >= 15 is 0 Å². The van der Waals surface area contributed by atoms with Crippen molar-refractivity contribution in [3.8, 4) is 17.1 Å². The van der Waals surface area contributed by atoms with Crippen LogP contribution in [0.3, 0.4) is 0 Å². The summed E-state index contributed by atoms with van der Waals surface area (Å²) in [6.45, 7) is 15.2. The summed E-state index contributed by atoms with van der Waals surface area (Å²) >= 11 is 0. The monoisotopic (exact) mass is 439 g/mol. The van der Waals surface area contributed by atoms with Crippen LogP contribution in [0.4, 0.5) is 11.6 Å². The summed E-state index contributed by atoms with van der Waals surface area (Å²) in [7, 11) is 1.89. The maximum absolute atomic E-state index is 6.23. The highest BCUT2D eigenvalue weighted by Gasteiger charge is 2.25. The molecule has 2 aromatic rings. The van der Waals surface area contributed by atoms with Crippen LogP contribution in [0.15, 0.2) is 6.07 Å². The molecule has 6 nitrogen and oxygen atoms in total. The van der Waals surface area contributed by atoms with E-state index in [0.29, 0.717) is 17.6 Å². The predicted molar refractivity (Wildman–Crippen MR) is 134 cm³/mol. The number of hydrogen-bond donors (Lipinski definition) is 1. The van der Waals surface area contributed by atoms with E-state index in [1.807, 2.05) is 7.05 Å². The van der Waals surface area contributed by atoms with Crippen molar-refractivity contribution in [1.29, 1.82) is 0 Å². The Morgan fingerprint density at radius 2 is 1.69 bits per heavy atom. The number of nitrogens with zero attached hydrogens (tertiary/aromatic N) is 4. The minimum Gasteiger partial charge on any atom is -0.472 e. The van der Waals surface area contributed by atoms with Crippen molar-refractivity contribution in [1.82, 2.24) is 15.0 Å². The molecule has 0 spiro atoms. The normalized spacial score (nSPS) is 14.0. The summed E-state index contributed by atoms with van der Waals surface area (Å²) in [6, 6.07) is 2.32. The molecule has 0 radical (unpaired) electrons. The molecule has 2 aromatic heterocycles. The molecule has 0 bridgehead atoms. The quantitative estimate of drug-likeness (QED) is 0.490. The van der Waals surface area contributed by atoms with Gasteiger partial charge in [-0.3, -0.25) is 0 Å². The molecule has 1 saturated heterocycles. The second kappa shape index (κ2) is 11.0. The zero-order valence-electron chi connectivity index (χ0n) is 21.1. The van der Waals surface area contributed by atoms with Crippen LogP contribution < -0.4 is 15.0 Å². The van der Waals surface area contributed by atoms with Gasteiger partial charge in [0.15, 0.2) is 5.82 Å². The standard InChI is InChI=1S/C26H41N5O/c1-8-18-16-20(25(30-22(18)17(5)6)31-14-12-13-15-31)23-21(11-4)28-26(24(27-7)29-23)32-19(9-2)10-3/h16-17,19H,8-15H2,1-7H3,(H,27,29). The molecule has 1 aliphatic rings. The van der Waals surface area contributed by atoms with Crippen LogP contribution in [0.25, 0.3) is 11.3 Å². The molecule has 0 amide bonds. The molecule has 6 heteroatoms. The van der Waals surface area contributed by atoms with Gasteiger partial charge >= 0.3 is 0 Å². The minimum atomic E-state index is 0.144. The van der Waals surface area contributed by atoms with Gasteiger partial charge < -0.3 is 15.0 Å². The van der Waals surface area contributed by atoms with Gasteiger partial charge in [-0.1, -0.05) is 41.5 Å². The summed E-state index contributed by atoms with van der Waals surface area (Å²) in [5.74, 6) is 2.75. The van der Waals surface area contributed by atoms with Gasteiger partial charge in [-0.2, -0.15) is 0 Å². The Labute approximate surface area is 194 Å². The Morgan fingerprint density at radius 3 is 2.22 bits per heavy atom. The summed E-state index contributed by atoms with van der Waals surface area (Å²) in [5, 5.41) is 3.23. The fraction of sp³-hybridized carbons (Fsp3) is 0.654. The van der Waals surface area contributed by atoms with E-state index in [1.165, 1.54) is 24.1 Å². The lowest BCUT2D eigenvalue weighted by molar-refractivity contribution is 0.185. The predicted octanol–water partition coefficient (Wildman–Crippen LogP) is 6.00. The third-order valence-electron chi connectivity index (χ3n) is 6.40. The van der Waals surface area contributed by atoms with Gasteiger partial charge in [-0.05, 0) is 56.1 Å². The zero-order valence-corrected chi connectivity index (χ0v) is 21.1. The van der Waals surface area contributed by atoms with E-state index in [1.54, 1.807) is 0 Å². The van der Waals surface area contributed by atoms with Crippen molar-refractivity contribution < 1.29 is 4.74 Å². The van der Waals surface area contributed by atoms with Crippen LogP contribution in [0.2, 0.25) is 0 Å². The number of anilines is 2. The molecule has 0 unspecified atom stereocenters. The van der Waals surface area contributed by atoms with E-state index in [-0.39, 0.29) is 6.10 Å². The fourth-order valence-corrected chi connectivity index (χ4v) is 4.46. The number of hydrogen-bond acceptors (Lipinski definition) is 6. The van der Waals surface area contributed by atoms with Crippen LogP contribution in [0.1, 0.15) is 90.1 Å². The van der Waals surface area contributed by atoms with Gasteiger partial charge in [0.25, 0.3) is 5.88 Å². The molecule has 1 aliphatic heterocycles. The number of rotatable bonds is 10. The second-order valence-corrected chi connectivity index (χ2v) is 8.94. The number of nitrogens with one attached hydrogen (secondary N) is 1. The van der Waals surface area contributed by atoms with Crippen molar-refractivity contribution in [2.24, 2.45) is 0 Å². The summed E-state index contributed by atoms with van der Waals surface area (Å²) in [4.78, 5) is 17.7. The lowest BCUT2D eigenvalue weighted by atomic mass is 9.97. The first-order chi connectivity index (χ1) is 15.5. The first-order valence-electron chi connectivity index (χ1n) is 12.5. The average molecular weight is 440 g/mol. The third kappa shape index (κ3) is 5.00. The van der Waals surface area contributed by atoms with Gasteiger partial charge in [-0.15, -0.1) is 0 Å².